The summed E-state index contributed by atoms with van der Waals surface area (Å²) in [6.07, 6.45) is 8.31. The average molecular weight is 206 g/mol. The van der Waals surface area contributed by atoms with Crippen molar-refractivity contribution >= 4 is 17.5 Å². The number of nitrogens with one attached hydrogen (secondary N) is 2. The van der Waals surface area contributed by atoms with Gasteiger partial charge in [-0.3, -0.25) is 14.9 Å². The van der Waals surface area contributed by atoms with Crippen LogP contribution in [0.5, 0.6) is 0 Å². The number of hydrogen-bond acceptors (Lipinski definition) is 4. The number of allylic oxidation sites excluding steroid dienone is 2. The monoisotopic (exact) mass is 206 g/mol. The minimum Gasteiger partial charge on any atom is -0.383 e. The minimum absolute atomic E-state index is 0.257. The molecule has 5 nitrogen and oxygen atoms in total. The summed E-state index contributed by atoms with van der Waals surface area (Å²) in [7, 11) is 0. The number of imide groups is 1. The maximum atomic E-state index is 10.0. The van der Waals surface area contributed by atoms with Crippen molar-refractivity contribution in [2.75, 3.05) is 0 Å². The summed E-state index contributed by atoms with van der Waals surface area (Å²) < 4.78 is 0. The number of rotatable bonds is 0. The fourth-order valence-electron chi connectivity index (χ4n) is 0.887. The van der Waals surface area contributed by atoms with E-state index in [0.29, 0.717) is 0 Å². The molecule has 2 aliphatic rings. The van der Waals surface area contributed by atoms with Crippen LogP contribution in [-0.4, -0.2) is 28.7 Å². The van der Waals surface area contributed by atoms with E-state index in [1.54, 1.807) is 24.3 Å². The number of carbonyl (C=O) groups excluding carboxylic acids is 2. The third-order valence-electron chi connectivity index (χ3n) is 1.63. The van der Waals surface area contributed by atoms with Gasteiger partial charge in [-0.2, -0.15) is 0 Å². The number of aliphatic hydroxyl groups is 1. The molecule has 0 fully saturated rings. The molecule has 1 unspecified atom stereocenters. The Hall–Kier alpha value is -2.01. The van der Waals surface area contributed by atoms with E-state index in [-0.39, 0.29) is 17.5 Å². The minimum atomic E-state index is -0.681. The van der Waals surface area contributed by atoms with Gasteiger partial charge in [0.05, 0.1) is 5.71 Å². The summed E-state index contributed by atoms with van der Waals surface area (Å²) in [4.78, 5) is 20.1. The summed E-state index contributed by atoms with van der Waals surface area (Å²) in [5.74, 6) is -0.657. The van der Waals surface area contributed by atoms with Crippen LogP contribution in [-0.2, 0) is 9.59 Å². The first kappa shape index (κ1) is 11.1. The zero-order valence-electron chi connectivity index (χ0n) is 7.81. The van der Waals surface area contributed by atoms with Gasteiger partial charge in [0.15, 0.2) is 0 Å². The lowest BCUT2D eigenvalue weighted by molar-refractivity contribution is -0.123. The van der Waals surface area contributed by atoms with Gasteiger partial charge in [0.1, 0.15) is 6.10 Å². The van der Waals surface area contributed by atoms with Crippen molar-refractivity contribution in [3.63, 3.8) is 0 Å². The molecule has 1 atom stereocenters. The SMILES string of the molecule is N=C1C=CC=CC1O.O=C1C=CC(=O)N1. The second-order valence-corrected chi connectivity index (χ2v) is 2.83. The molecule has 78 valence electrons. The van der Waals surface area contributed by atoms with Gasteiger partial charge in [0.2, 0.25) is 0 Å². The van der Waals surface area contributed by atoms with E-state index in [2.05, 4.69) is 0 Å². The molecule has 0 saturated heterocycles. The molecule has 1 heterocycles. The molecule has 0 radical (unpaired) electrons. The highest BCUT2D eigenvalue weighted by Gasteiger charge is 2.06. The van der Waals surface area contributed by atoms with Gasteiger partial charge in [-0.1, -0.05) is 18.2 Å². The second kappa shape index (κ2) is 5.02. The van der Waals surface area contributed by atoms with Gasteiger partial charge in [-0.25, -0.2) is 0 Å². The molecule has 0 aromatic carbocycles. The topological polar surface area (TPSA) is 90.2 Å². The molecule has 0 bridgehead atoms. The molecule has 3 N–H and O–H groups in total. The van der Waals surface area contributed by atoms with Crippen molar-refractivity contribution < 1.29 is 14.7 Å². The highest BCUT2D eigenvalue weighted by Crippen LogP contribution is 1.97. The molecule has 0 aromatic heterocycles. The molecule has 15 heavy (non-hydrogen) atoms. The first-order chi connectivity index (χ1) is 7.09. The van der Waals surface area contributed by atoms with Gasteiger partial charge < -0.3 is 10.5 Å². The van der Waals surface area contributed by atoms with Crippen LogP contribution in [0.15, 0.2) is 36.5 Å². The van der Waals surface area contributed by atoms with E-state index in [4.69, 9.17) is 10.5 Å². The van der Waals surface area contributed by atoms with Crippen molar-refractivity contribution in [3.05, 3.63) is 36.5 Å². The van der Waals surface area contributed by atoms with Gasteiger partial charge >= 0.3 is 0 Å². The number of amides is 2. The first-order valence-electron chi connectivity index (χ1n) is 4.24. The molecule has 0 aromatic rings. The van der Waals surface area contributed by atoms with Crippen LogP contribution in [0.2, 0.25) is 0 Å². The molecule has 1 aliphatic carbocycles. The quantitative estimate of drug-likeness (QED) is 0.475. The van der Waals surface area contributed by atoms with Gasteiger partial charge in [-0.15, -0.1) is 0 Å². The van der Waals surface area contributed by atoms with Crippen molar-refractivity contribution in [2.24, 2.45) is 0 Å². The summed E-state index contributed by atoms with van der Waals surface area (Å²) in [5.41, 5.74) is 0.257. The van der Waals surface area contributed by atoms with Crippen LogP contribution >= 0.6 is 0 Å². The fraction of sp³-hybridized carbons (Fsp3) is 0.100. The summed E-state index contributed by atoms with van der Waals surface area (Å²) in [5, 5.41) is 17.8. The Bertz CT molecular complexity index is 364. The van der Waals surface area contributed by atoms with Crippen LogP contribution < -0.4 is 5.32 Å². The zero-order valence-corrected chi connectivity index (χ0v) is 7.81. The van der Waals surface area contributed by atoms with E-state index in [1.807, 2.05) is 5.32 Å². The molecule has 0 saturated carbocycles. The maximum Gasteiger partial charge on any atom is 0.250 e. The number of carbonyl (C=O) groups is 2. The molecule has 5 heteroatoms. The summed E-state index contributed by atoms with van der Waals surface area (Å²) in [6, 6.07) is 0. The largest absolute Gasteiger partial charge is 0.383 e. The summed E-state index contributed by atoms with van der Waals surface area (Å²) in [6.45, 7) is 0. The van der Waals surface area contributed by atoms with Crippen molar-refractivity contribution in [3.8, 4) is 0 Å². The van der Waals surface area contributed by atoms with Crippen LogP contribution in [0.3, 0.4) is 0 Å². The summed E-state index contributed by atoms with van der Waals surface area (Å²) >= 11 is 0. The van der Waals surface area contributed by atoms with Crippen LogP contribution in [0.25, 0.3) is 0 Å². The van der Waals surface area contributed by atoms with Crippen LogP contribution in [0, 0.1) is 5.41 Å². The van der Waals surface area contributed by atoms with E-state index >= 15 is 0 Å². The van der Waals surface area contributed by atoms with E-state index in [0.717, 1.165) is 0 Å². The maximum absolute atomic E-state index is 10.0. The standard InChI is InChI=1S/C6H7NO.C4H3NO2/c7-5-3-1-2-4-6(5)8;6-3-1-2-4(7)5-3/h1-4,6-8H;1-2H,(H,5,6,7). The van der Waals surface area contributed by atoms with Crippen molar-refractivity contribution in [1.82, 2.24) is 5.32 Å². The Morgan fingerprint density at radius 3 is 2.00 bits per heavy atom. The van der Waals surface area contributed by atoms with Gasteiger partial charge in [-0.05, 0) is 6.08 Å². The Morgan fingerprint density at radius 2 is 1.73 bits per heavy atom. The molecule has 2 amide bonds. The third-order valence-corrected chi connectivity index (χ3v) is 1.63. The number of hydrogen-bond donors (Lipinski definition) is 3. The van der Waals surface area contributed by atoms with Crippen molar-refractivity contribution in [2.45, 2.75) is 6.10 Å². The lowest BCUT2D eigenvalue weighted by Gasteiger charge is -2.04. The van der Waals surface area contributed by atoms with E-state index in [9.17, 15) is 9.59 Å². The molecule has 1 aliphatic heterocycles. The molecular weight excluding hydrogens is 196 g/mol. The lowest BCUT2D eigenvalue weighted by Crippen LogP contribution is -2.19. The highest BCUT2D eigenvalue weighted by molar-refractivity contribution is 6.12. The van der Waals surface area contributed by atoms with Crippen LogP contribution in [0.4, 0.5) is 0 Å². The normalized spacial score (nSPS) is 22.5. The van der Waals surface area contributed by atoms with Gasteiger partial charge in [0, 0.05) is 12.2 Å². The smallest absolute Gasteiger partial charge is 0.250 e. The van der Waals surface area contributed by atoms with Crippen LogP contribution in [0.1, 0.15) is 0 Å². The third kappa shape index (κ3) is 3.70. The predicted molar refractivity (Wildman–Crippen MR) is 54.3 cm³/mol. The van der Waals surface area contributed by atoms with Crippen molar-refractivity contribution in [1.29, 1.82) is 5.41 Å². The Kier molecular flexibility index (Phi) is 3.70. The second-order valence-electron chi connectivity index (χ2n) is 2.83. The zero-order chi connectivity index (χ0) is 11.3. The van der Waals surface area contributed by atoms with Gasteiger partial charge in [0.25, 0.3) is 11.8 Å². The molecular formula is C10H10N2O3. The molecule has 0 spiro atoms. The predicted octanol–water partition coefficient (Wildman–Crippen LogP) is -0.308. The van der Waals surface area contributed by atoms with E-state index < -0.39 is 6.10 Å². The Labute approximate surface area is 86.3 Å². The lowest BCUT2D eigenvalue weighted by atomic mass is 10.1. The average Bonchev–Trinajstić information content (AvgIpc) is 2.56. The Morgan fingerprint density at radius 1 is 1.13 bits per heavy atom. The number of aliphatic hydroxyl groups excluding tert-OH is 1. The fourth-order valence-corrected chi connectivity index (χ4v) is 0.887. The first-order valence-corrected chi connectivity index (χ1v) is 4.24. The molecule has 2 rings (SSSR count). The highest BCUT2D eigenvalue weighted by atomic mass is 16.3. The van der Waals surface area contributed by atoms with E-state index in [1.165, 1.54) is 12.2 Å². The Balaban J connectivity index is 0.000000151.